The fourth-order valence-electron chi connectivity index (χ4n) is 3.96. The van der Waals surface area contributed by atoms with E-state index in [-0.39, 0.29) is 12.5 Å². The zero-order valence-electron chi connectivity index (χ0n) is 20.4. The van der Waals surface area contributed by atoms with Crippen molar-refractivity contribution in [3.8, 4) is 11.5 Å². The van der Waals surface area contributed by atoms with Crippen LogP contribution in [0.3, 0.4) is 0 Å². The predicted octanol–water partition coefficient (Wildman–Crippen LogP) is 6.31. The number of anilines is 2. The van der Waals surface area contributed by atoms with E-state index in [2.05, 4.69) is 5.32 Å². The minimum Gasteiger partial charge on any atom is -0.455 e. The molecule has 0 aliphatic rings. The first-order chi connectivity index (χ1) is 17.2. The van der Waals surface area contributed by atoms with E-state index < -0.39 is 10.0 Å². The number of benzene rings is 4. The van der Waals surface area contributed by atoms with Crippen molar-refractivity contribution in [3.63, 3.8) is 0 Å². The molecule has 0 radical (unpaired) electrons. The van der Waals surface area contributed by atoms with Crippen molar-refractivity contribution >= 4 is 27.3 Å². The van der Waals surface area contributed by atoms with Gasteiger partial charge in [0.15, 0.2) is 5.75 Å². The lowest BCUT2D eigenvalue weighted by atomic mass is 10.1. The summed E-state index contributed by atoms with van der Waals surface area (Å²) in [5.41, 5.74) is 4.21. The normalized spacial score (nSPS) is 11.1. The van der Waals surface area contributed by atoms with E-state index in [0.717, 1.165) is 16.7 Å². The van der Waals surface area contributed by atoms with Gasteiger partial charge in [-0.2, -0.15) is 0 Å². The highest BCUT2D eigenvalue weighted by molar-refractivity contribution is 7.92. The third-order valence-corrected chi connectivity index (χ3v) is 6.85. The Labute approximate surface area is 212 Å². The van der Waals surface area contributed by atoms with Gasteiger partial charge in [0.25, 0.3) is 5.91 Å². The van der Waals surface area contributed by atoms with Gasteiger partial charge in [-0.3, -0.25) is 9.10 Å². The summed E-state index contributed by atoms with van der Waals surface area (Å²) >= 11 is 0. The number of hydrogen-bond donors (Lipinski definition) is 1. The first-order valence-electron chi connectivity index (χ1n) is 11.5. The zero-order valence-corrected chi connectivity index (χ0v) is 21.2. The van der Waals surface area contributed by atoms with Crippen molar-refractivity contribution in [3.05, 3.63) is 119 Å². The second-order valence-electron chi connectivity index (χ2n) is 8.57. The number of carbonyl (C=O) groups is 1. The van der Waals surface area contributed by atoms with Crippen LogP contribution in [0.25, 0.3) is 0 Å². The number of rotatable bonds is 8. The van der Waals surface area contributed by atoms with E-state index in [1.807, 2.05) is 74.5 Å². The van der Waals surface area contributed by atoms with Crippen LogP contribution in [0.1, 0.15) is 27.0 Å². The molecule has 0 fully saturated rings. The van der Waals surface area contributed by atoms with Gasteiger partial charge in [0, 0.05) is 5.56 Å². The van der Waals surface area contributed by atoms with E-state index in [4.69, 9.17) is 4.74 Å². The molecule has 7 heteroatoms. The van der Waals surface area contributed by atoms with E-state index >= 15 is 0 Å². The Kier molecular flexibility index (Phi) is 7.41. The molecule has 36 heavy (non-hydrogen) atoms. The monoisotopic (exact) mass is 500 g/mol. The summed E-state index contributed by atoms with van der Waals surface area (Å²) in [5, 5.41) is 2.90. The molecule has 0 unspecified atom stereocenters. The Bertz CT molecular complexity index is 1450. The number of para-hydroxylation sites is 4. The van der Waals surface area contributed by atoms with Gasteiger partial charge in [0.2, 0.25) is 10.0 Å². The summed E-state index contributed by atoms with van der Waals surface area (Å²) in [6, 6.07) is 29.2. The standard InChI is InChI=1S/C29H28N2O4S/c1-21-10-9-11-22(2)28(21)31(36(3,33)34)20-23-16-18-24(19-17-23)29(32)30-26-14-7-8-15-27(26)35-25-12-5-4-6-13-25/h4-19H,20H2,1-3H3,(H,30,32). The van der Waals surface area contributed by atoms with Gasteiger partial charge in [-0.15, -0.1) is 0 Å². The van der Waals surface area contributed by atoms with Crippen molar-refractivity contribution in [2.45, 2.75) is 20.4 Å². The Morgan fingerprint density at radius 2 is 1.42 bits per heavy atom. The van der Waals surface area contributed by atoms with Gasteiger partial charge in [-0.05, 0) is 66.9 Å². The van der Waals surface area contributed by atoms with Crippen LogP contribution in [0.5, 0.6) is 11.5 Å². The SMILES string of the molecule is Cc1cccc(C)c1N(Cc1ccc(C(=O)Nc2ccccc2Oc2ccccc2)cc1)S(C)(=O)=O. The number of ether oxygens (including phenoxy) is 1. The Balaban J connectivity index is 1.51. The number of sulfonamides is 1. The smallest absolute Gasteiger partial charge is 0.255 e. The van der Waals surface area contributed by atoms with Gasteiger partial charge >= 0.3 is 0 Å². The van der Waals surface area contributed by atoms with E-state index in [9.17, 15) is 13.2 Å². The van der Waals surface area contributed by atoms with Crippen LogP contribution in [-0.4, -0.2) is 20.6 Å². The lowest BCUT2D eigenvalue weighted by Crippen LogP contribution is -2.30. The first-order valence-corrected chi connectivity index (χ1v) is 13.3. The average Bonchev–Trinajstić information content (AvgIpc) is 2.85. The molecule has 0 heterocycles. The molecular formula is C29H28N2O4S. The topological polar surface area (TPSA) is 75.7 Å². The molecule has 0 aliphatic carbocycles. The van der Waals surface area contributed by atoms with E-state index in [0.29, 0.717) is 28.4 Å². The largest absolute Gasteiger partial charge is 0.455 e. The second-order valence-corrected chi connectivity index (χ2v) is 10.5. The van der Waals surface area contributed by atoms with Gasteiger partial charge in [0.05, 0.1) is 24.2 Å². The maximum atomic E-state index is 12.9. The van der Waals surface area contributed by atoms with Gasteiger partial charge in [-0.1, -0.05) is 60.7 Å². The lowest BCUT2D eigenvalue weighted by molar-refractivity contribution is 0.102. The van der Waals surface area contributed by atoms with E-state index in [1.165, 1.54) is 10.6 Å². The van der Waals surface area contributed by atoms with Gasteiger partial charge in [-0.25, -0.2) is 8.42 Å². The van der Waals surface area contributed by atoms with Crippen molar-refractivity contribution in [1.82, 2.24) is 0 Å². The molecule has 184 valence electrons. The fraction of sp³-hybridized carbons (Fsp3) is 0.138. The number of nitrogens with zero attached hydrogens (tertiary/aromatic N) is 1. The minimum atomic E-state index is -3.52. The molecule has 4 aromatic carbocycles. The van der Waals surface area contributed by atoms with Crippen molar-refractivity contribution in [1.29, 1.82) is 0 Å². The number of nitrogens with one attached hydrogen (secondary N) is 1. The molecule has 4 aromatic rings. The zero-order chi connectivity index (χ0) is 25.7. The molecule has 0 saturated carbocycles. The summed E-state index contributed by atoms with van der Waals surface area (Å²) < 4.78 is 32.6. The Hall–Kier alpha value is -4.10. The lowest BCUT2D eigenvalue weighted by Gasteiger charge is -2.26. The van der Waals surface area contributed by atoms with Crippen molar-refractivity contribution < 1.29 is 17.9 Å². The molecule has 1 amide bonds. The van der Waals surface area contributed by atoms with Gasteiger partial charge in [0.1, 0.15) is 5.75 Å². The summed E-state index contributed by atoms with van der Waals surface area (Å²) in [6.45, 7) is 3.96. The average molecular weight is 501 g/mol. The molecule has 1 N–H and O–H groups in total. The Morgan fingerprint density at radius 3 is 2.06 bits per heavy atom. The second kappa shape index (κ2) is 10.7. The molecule has 6 nitrogen and oxygen atoms in total. The highest BCUT2D eigenvalue weighted by Gasteiger charge is 2.21. The predicted molar refractivity (Wildman–Crippen MR) is 144 cm³/mol. The third kappa shape index (κ3) is 5.93. The van der Waals surface area contributed by atoms with Crippen LogP contribution < -0.4 is 14.4 Å². The number of hydrogen-bond acceptors (Lipinski definition) is 4. The molecule has 0 bridgehead atoms. The quantitative estimate of drug-likeness (QED) is 0.307. The first kappa shape index (κ1) is 25.0. The van der Waals surface area contributed by atoms with Crippen LogP contribution in [-0.2, 0) is 16.6 Å². The van der Waals surface area contributed by atoms with Crippen LogP contribution in [0, 0.1) is 13.8 Å². The maximum absolute atomic E-state index is 12.9. The van der Waals surface area contributed by atoms with Crippen LogP contribution >= 0.6 is 0 Å². The minimum absolute atomic E-state index is 0.167. The molecule has 0 aromatic heterocycles. The summed E-state index contributed by atoms with van der Waals surface area (Å²) in [6.07, 6.45) is 1.20. The van der Waals surface area contributed by atoms with Crippen molar-refractivity contribution in [2.24, 2.45) is 0 Å². The highest BCUT2D eigenvalue weighted by atomic mass is 32.2. The van der Waals surface area contributed by atoms with Crippen molar-refractivity contribution in [2.75, 3.05) is 15.9 Å². The molecule has 0 saturated heterocycles. The molecule has 0 spiro atoms. The summed E-state index contributed by atoms with van der Waals surface area (Å²) in [7, 11) is -3.52. The summed E-state index contributed by atoms with van der Waals surface area (Å²) in [4.78, 5) is 12.9. The van der Waals surface area contributed by atoms with Crippen LogP contribution in [0.2, 0.25) is 0 Å². The van der Waals surface area contributed by atoms with Crippen LogP contribution in [0.4, 0.5) is 11.4 Å². The Morgan fingerprint density at radius 1 is 0.806 bits per heavy atom. The third-order valence-electron chi connectivity index (χ3n) is 5.74. The molecule has 4 rings (SSSR count). The fourth-order valence-corrected chi connectivity index (χ4v) is 4.96. The van der Waals surface area contributed by atoms with Crippen LogP contribution in [0.15, 0.2) is 97.1 Å². The number of carbonyl (C=O) groups excluding carboxylic acids is 1. The summed E-state index contributed by atoms with van der Waals surface area (Å²) in [5.74, 6) is 0.911. The maximum Gasteiger partial charge on any atom is 0.255 e. The molecule has 0 atom stereocenters. The highest BCUT2D eigenvalue weighted by Crippen LogP contribution is 2.30. The number of aryl methyl sites for hydroxylation is 2. The number of amides is 1. The van der Waals surface area contributed by atoms with E-state index in [1.54, 1.807) is 36.4 Å². The molecular weight excluding hydrogens is 472 g/mol. The molecule has 0 aliphatic heterocycles. The van der Waals surface area contributed by atoms with Gasteiger partial charge < -0.3 is 10.1 Å².